The van der Waals surface area contributed by atoms with Crippen LogP contribution in [0.25, 0.3) is 0 Å². The minimum absolute atomic E-state index is 0.142. The average molecular weight is 170 g/mol. The predicted octanol–water partition coefficient (Wildman–Crippen LogP) is 1.53. The highest BCUT2D eigenvalue weighted by Gasteiger charge is 2.50. The molecule has 2 N–H and O–H groups in total. The molecule has 0 heterocycles. The molecule has 3 heteroatoms. The van der Waals surface area contributed by atoms with Crippen molar-refractivity contribution in [1.29, 1.82) is 0 Å². The third kappa shape index (κ3) is 1.04. The quantitative estimate of drug-likeness (QED) is 0.515. The van der Waals surface area contributed by atoms with Crippen LogP contribution in [0.1, 0.15) is 33.1 Å². The molecule has 1 aliphatic carbocycles. The van der Waals surface area contributed by atoms with Crippen molar-refractivity contribution in [3.63, 3.8) is 0 Å². The Morgan fingerprint density at radius 1 is 1.58 bits per heavy atom. The third-order valence-electron chi connectivity index (χ3n) is 3.27. The van der Waals surface area contributed by atoms with E-state index in [4.69, 9.17) is 10.6 Å². The van der Waals surface area contributed by atoms with Gasteiger partial charge in [-0.25, -0.2) is 0 Å². The van der Waals surface area contributed by atoms with Crippen LogP contribution < -0.4 is 5.84 Å². The van der Waals surface area contributed by atoms with E-state index in [1.165, 1.54) is 0 Å². The first kappa shape index (κ1) is 9.52. The highest BCUT2D eigenvalue weighted by Crippen LogP contribution is 2.45. The largest absolute Gasteiger partial charge is 0.380 e. The van der Waals surface area contributed by atoms with Gasteiger partial charge >= 0.3 is 0 Å². The maximum absolute atomic E-state index is 5.38. The molecule has 1 rings (SSSR count). The van der Waals surface area contributed by atoms with Crippen molar-refractivity contribution in [2.75, 3.05) is 7.11 Å². The summed E-state index contributed by atoms with van der Waals surface area (Å²) in [6, 6.07) is 0. The molecule has 70 valence electrons. The second-order valence-corrected chi connectivity index (χ2v) is 3.37. The number of rotatable bonds is 3. The van der Waals surface area contributed by atoms with Crippen molar-refractivity contribution in [2.45, 2.75) is 39.2 Å². The fourth-order valence-corrected chi connectivity index (χ4v) is 2.23. The van der Waals surface area contributed by atoms with E-state index in [0.29, 0.717) is 6.10 Å². The molecular formula is C9H18N2O. The van der Waals surface area contributed by atoms with Gasteiger partial charge in [-0.15, -0.1) is 0 Å². The van der Waals surface area contributed by atoms with E-state index in [1.54, 1.807) is 7.11 Å². The molecule has 0 aromatic heterocycles. The monoisotopic (exact) mass is 170 g/mol. The molecule has 0 aliphatic heterocycles. The van der Waals surface area contributed by atoms with Crippen LogP contribution in [0.3, 0.4) is 0 Å². The van der Waals surface area contributed by atoms with Crippen LogP contribution in [0.15, 0.2) is 5.10 Å². The predicted molar refractivity (Wildman–Crippen MR) is 50.1 cm³/mol. The molecule has 1 fully saturated rings. The third-order valence-corrected chi connectivity index (χ3v) is 3.27. The average Bonchev–Trinajstić information content (AvgIpc) is 2.07. The molecule has 1 saturated carbocycles. The summed E-state index contributed by atoms with van der Waals surface area (Å²) in [5.41, 5.74) is 1.27. The number of methoxy groups -OCH3 is 1. The van der Waals surface area contributed by atoms with E-state index >= 15 is 0 Å². The highest BCUT2D eigenvalue weighted by molar-refractivity contribution is 5.97. The zero-order chi connectivity index (χ0) is 9.19. The zero-order valence-electron chi connectivity index (χ0n) is 8.13. The van der Waals surface area contributed by atoms with Crippen LogP contribution in [0.4, 0.5) is 0 Å². The number of ether oxygens (including phenoxy) is 1. The van der Waals surface area contributed by atoms with Crippen LogP contribution in [0.2, 0.25) is 0 Å². The Bertz CT molecular complexity index is 185. The van der Waals surface area contributed by atoms with E-state index in [9.17, 15) is 0 Å². The molecule has 0 radical (unpaired) electrons. The Kier molecular flexibility index (Phi) is 2.73. The normalized spacial score (nSPS) is 30.2. The van der Waals surface area contributed by atoms with Crippen molar-refractivity contribution in [1.82, 2.24) is 0 Å². The Morgan fingerprint density at radius 2 is 2.17 bits per heavy atom. The Hall–Kier alpha value is -0.570. The molecule has 0 bridgehead atoms. The topological polar surface area (TPSA) is 47.6 Å². The van der Waals surface area contributed by atoms with E-state index in [1.807, 2.05) is 0 Å². The molecule has 1 unspecified atom stereocenters. The summed E-state index contributed by atoms with van der Waals surface area (Å²) in [6.45, 7) is 4.33. The van der Waals surface area contributed by atoms with Crippen molar-refractivity contribution >= 4 is 5.71 Å². The highest BCUT2D eigenvalue weighted by atomic mass is 16.5. The standard InChI is InChI=1S/C9H18N2O/c1-4-9(5-2)7(11-10)6-8(9)12-3/h8H,4-6,10H2,1-3H3/b11-7+. The number of hydrogen-bond donors (Lipinski definition) is 1. The van der Waals surface area contributed by atoms with Gasteiger partial charge in [0.05, 0.1) is 6.10 Å². The summed E-state index contributed by atoms with van der Waals surface area (Å²) in [5.74, 6) is 5.31. The van der Waals surface area contributed by atoms with Gasteiger partial charge in [-0.3, -0.25) is 0 Å². The number of nitrogens with two attached hydrogens (primary N) is 1. The Labute approximate surface area is 74.0 Å². The molecule has 1 aliphatic rings. The summed E-state index contributed by atoms with van der Waals surface area (Å²) in [6.07, 6.45) is 3.37. The molecule has 0 saturated heterocycles. The summed E-state index contributed by atoms with van der Waals surface area (Å²) in [4.78, 5) is 0. The summed E-state index contributed by atoms with van der Waals surface area (Å²) in [5, 5.41) is 3.82. The minimum atomic E-state index is 0.142. The lowest BCUT2D eigenvalue weighted by Gasteiger charge is -2.48. The van der Waals surface area contributed by atoms with E-state index in [2.05, 4.69) is 18.9 Å². The minimum Gasteiger partial charge on any atom is -0.380 e. The van der Waals surface area contributed by atoms with Gasteiger partial charge in [0.15, 0.2) is 0 Å². The van der Waals surface area contributed by atoms with Gasteiger partial charge in [-0.2, -0.15) is 5.10 Å². The molecule has 12 heavy (non-hydrogen) atoms. The summed E-state index contributed by atoms with van der Waals surface area (Å²) in [7, 11) is 1.76. The van der Waals surface area contributed by atoms with Crippen LogP contribution in [0.5, 0.6) is 0 Å². The van der Waals surface area contributed by atoms with Gasteiger partial charge in [-0.1, -0.05) is 13.8 Å². The number of hydrogen-bond acceptors (Lipinski definition) is 3. The maximum Gasteiger partial charge on any atom is 0.0733 e. The Balaban J connectivity index is 2.79. The lowest BCUT2D eigenvalue weighted by atomic mass is 9.61. The number of hydrazone groups is 1. The van der Waals surface area contributed by atoms with Gasteiger partial charge in [0, 0.05) is 24.7 Å². The zero-order valence-corrected chi connectivity index (χ0v) is 8.13. The fraction of sp³-hybridized carbons (Fsp3) is 0.889. The summed E-state index contributed by atoms with van der Waals surface area (Å²) < 4.78 is 5.38. The maximum atomic E-state index is 5.38. The van der Waals surface area contributed by atoms with Gasteiger partial charge < -0.3 is 10.6 Å². The molecule has 0 spiro atoms. The first-order chi connectivity index (χ1) is 5.75. The van der Waals surface area contributed by atoms with E-state index in [-0.39, 0.29) is 5.41 Å². The second kappa shape index (κ2) is 3.44. The Morgan fingerprint density at radius 3 is 2.50 bits per heavy atom. The molecular weight excluding hydrogens is 152 g/mol. The van der Waals surface area contributed by atoms with Crippen LogP contribution in [-0.2, 0) is 4.74 Å². The van der Waals surface area contributed by atoms with Gasteiger partial charge in [0.25, 0.3) is 0 Å². The SMILES string of the molecule is CCC1(CC)/C(=N/N)CC1OC. The van der Waals surface area contributed by atoms with E-state index < -0.39 is 0 Å². The van der Waals surface area contributed by atoms with Crippen molar-refractivity contribution in [2.24, 2.45) is 16.4 Å². The van der Waals surface area contributed by atoms with Crippen molar-refractivity contribution in [3.05, 3.63) is 0 Å². The van der Waals surface area contributed by atoms with Crippen LogP contribution >= 0.6 is 0 Å². The molecule has 0 aromatic carbocycles. The first-order valence-corrected chi connectivity index (χ1v) is 4.55. The lowest BCUT2D eigenvalue weighted by molar-refractivity contribution is -0.00798. The van der Waals surface area contributed by atoms with Gasteiger partial charge in [0.2, 0.25) is 0 Å². The summed E-state index contributed by atoms with van der Waals surface area (Å²) >= 11 is 0. The van der Waals surface area contributed by atoms with Crippen molar-refractivity contribution in [3.8, 4) is 0 Å². The smallest absolute Gasteiger partial charge is 0.0733 e. The second-order valence-electron chi connectivity index (χ2n) is 3.37. The van der Waals surface area contributed by atoms with Crippen LogP contribution in [0, 0.1) is 5.41 Å². The van der Waals surface area contributed by atoms with Crippen LogP contribution in [-0.4, -0.2) is 18.9 Å². The van der Waals surface area contributed by atoms with Crippen molar-refractivity contribution < 1.29 is 4.74 Å². The molecule has 0 aromatic rings. The molecule has 0 amide bonds. The van der Waals surface area contributed by atoms with E-state index in [0.717, 1.165) is 25.0 Å². The first-order valence-electron chi connectivity index (χ1n) is 4.55. The number of nitrogens with zero attached hydrogens (tertiary/aromatic N) is 1. The molecule has 1 atom stereocenters. The lowest BCUT2D eigenvalue weighted by Crippen LogP contribution is -2.54. The molecule has 3 nitrogen and oxygen atoms in total. The van der Waals surface area contributed by atoms with Gasteiger partial charge in [-0.05, 0) is 12.8 Å². The fourth-order valence-electron chi connectivity index (χ4n) is 2.23. The van der Waals surface area contributed by atoms with Gasteiger partial charge in [0.1, 0.15) is 0 Å².